The largest absolute Gasteiger partial charge is 0.481 e. The molecule has 1 atom stereocenters. The number of fused-ring (bicyclic) bond motifs is 1. The van der Waals surface area contributed by atoms with Crippen molar-refractivity contribution in [2.75, 3.05) is 5.32 Å². The maximum absolute atomic E-state index is 12.0. The Bertz CT molecular complexity index is 567. The zero-order chi connectivity index (χ0) is 14.8. The van der Waals surface area contributed by atoms with Crippen LogP contribution in [0.4, 0.5) is 10.5 Å². The van der Waals surface area contributed by atoms with E-state index >= 15 is 0 Å². The summed E-state index contributed by atoms with van der Waals surface area (Å²) >= 11 is 0. The fourth-order valence-corrected chi connectivity index (χ4v) is 3.01. The Morgan fingerprint density at radius 2 is 2.00 bits per heavy atom. The first-order valence-corrected chi connectivity index (χ1v) is 7.53. The average Bonchev–Trinajstić information content (AvgIpc) is 3.16. The molecule has 0 aromatic heterocycles. The summed E-state index contributed by atoms with van der Waals surface area (Å²) in [4.78, 5) is 22.9. The monoisotopic (exact) mass is 288 g/mol. The van der Waals surface area contributed by atoms with Crippen molar-refractivity contribution in [3.63, 3.8) is 0 Å². The van der Waals surface area contributed by atoms with Crippen LogP contribution in [0.25, 0.3) is 0 Å². The number of carbonyl (C=O) groups excluding carboxylic acids is 1. The molecule has 2 aliphatic rings. The van der Waals surface area contributed by atoms with Gasteiger partial charge in [-0.2, -0.15) is 0 Å². The molecule has 3 rings (SSSR count). The number of rotatable bonds is 5. The minimum atomic E-state index is -0.871. The molecular weight excluding hydrogens is 268 g/mol. The summed E-state index contributed by atoms with van der Waals surface area (Å²) in [5.74, 6) is -0.559. The van der Waals surface area contributed by atoms with Crippen LogP contribution in [0.3, 0.4) is 0 Å². The van der Waals surface area contributed by atoms with Crippen molar-refractivity contribution in [1.82, 2.24) is 5.32 Å². The van der Waals surface area contributed by atoms with Crippen molar-refractivity contribution in [2.24, 2.45) is 5.92 Å². The van der Waals surface area contributed by atoms with Gasteiger partial charge in [-0.1, -0.05) is 6.07 Å². The number of aryl methyl sites for hydroxylation is 2. The third-order valence-electron chi connectivity index (χ3n) is 4.26. The van der Waals surface area contributed by atoms with Gasteiger partial charge in [-0.05, 0) is 61.3 Å². The van der Waals surface area contributed by atoms with E-state index in [1.54, 1.807) is 0 Å². The lowest BCUT2D eigenvalue weighted by molar-refractivity contribution is -0.137. The molecule has 0 bridgehead atoms. The van der Waals surface area contributed by atoms with Crippen LogP contribution in [0.5, 0.6) is 0 Å². The van der Waals surface area contributed by atoms with Gasteiger partial charge in [-0.3, -0.25) is 4.79 Å². The fourth-order valence-electron chi connectivity index (χ4n) is 3.01. The number of amides is 2. The Balaban J connectivity index is 1.59. The third-order valence-corrected chi connectivity index (χ3v) is 4.26. The lowest BCUT2D eigenvalue weighted by Gasteiger charge is -2.17. The van der Waals surface area contributed by atoms with E-state index in [-0.39, 0.29) is 18.5 Å². The van der Waals surface area contributed by atoms with Crippen molar-refractivity contribution in [2.45, 2.75) is 44.6 Å². The summed E-state index contributed by atoms with van der Waals surface area (Å²) < 4.78 is 0. The number of urea groups is 1. The molecule has 5 nitrogen and oxygen atoms in total. The maximum Gasteiger partial charge on any atom is 0.319 e. The second kappa shape index (κ2) is 5.76. The van der Waals surface area contributed by atoms with Crippen LogP contribution in [0.1, 0.15) is 36.8 Å². The number of hydrogen-bond acceptors (Lipinski definition) is 2. The zero-order valence-electron chi connectivity index (χ0n) is 11.9. The van der Waals surface area contributed by atoms with Crippen LogP contribution >= 0.6 is 0 Å². The third kappa shape index (κ3) is 3.54. The number of aliphatic carboxylic acids is 1. The quantitative estimate of drug-likeness (QED) is 0.779. The molecule has 112 valence electrons. The number of carboxylic acid groups (broad SMARTS) is 1. The minimum absolute atomic E-state index is 0.0116. The number of benzene rings is 1. The molecule has 0 saturated heterocycles. The zero-order valence-corrected chi connectivity index (χ0v) is 11.9. The van der Waals surface area contributed by atoms with E-state index < -0.39 is 5.97 Å². The highest BCUT2D eigenvalue weighted by atomic mass is 16.4. The average molecular weight is 288 g/mol. The summed E-state index contributed by atoms with van der Waals surface area (Å²) in [6.07, 6.45) is 5.34. The standard InChI is InChI=1S/C16H20N2O3/c19-15(20)9-14(11-4-5-11)18-16(21)17-13-7-6-10-2-1-3-12(10)8-13/h6-8,11,14H,1-5,9H2,(H,19,20)(H2,17,18,21). The van der Waals surface area contributed by atoms with Crippen LogP contribution < -0.4 is 10.6 Å². The van der Waals surface area contributed by atoms with Gasteiger partial charge in [0.2, 0.25) is 0 Å². The molecule has 2 amide bonds. The van der Waals surface area contributed by atoms with Gasteiger partial charge in [0.25, 0.3) is 0 Å². The van der Waals surface area contributed by atoms with E-state index in [0.29, 0.717) is 5.92 Å². The van der Waals surface area contributed by atoms with Crippen LogP contribution in [-0.2, 0) is 17.6 Å². The first-order valence-electron chi connectivity index (χ1n) is 7.53. The number of nitrogens with one attached hydrogen (secondary N) is 2. The molecule has 0 spiro atoms. The highest BCUT2D eigenvalue weighted by Crippen LogP contribution is 2.34. The second-order valence-corrected chi connectivity index (χ2v) is 5.98. The topological polar surface area (TPSA) is 78.4 Å². The molecule has 1 fully saturated rings. The van der Waals surface area contributed by atoms with E-state index in [1.165, 1.54) is 17.5 Å². The Kier molecular flexibility index (Phi) is 3.82. The molecule has 5 heteroatoms. The van der Waals surface area contributed by atoms with Gasteiger partial charge in [0.1, 0.15) is 0 Å². The fraction of sp³-hybridized carbons (Fsp3) is 0.500. The van der Waals surface area contributed by atoms with Gasteiger partial charge in [0.15, 0.2) is 0 Å². The van der Waals surface area contributed by atoms with Crippen molar-refractivity contribution in [1.29, 1.82) is 0 Å². The molecule has 2 aliphatic carbocycles. The van der Waals surface area contributed by atoms with Crippen molar-refractivity contribution in [3.05, 3.63) is 29.3 Å². The first kappa shape index (κ1) is 13.9. The van der Waals surface area contributed by atoms with Crippen molar-refractivity contribution < 1.29 is 14.7 Å². The molecule has 1 unspecified atom stereocenters. The van der Waals surface area contributed by atoms with Gasteiger partial charge in [0.05, 0.1) is 6.42 Å². The Morgan fingerprint density at radius 1 is 1.24 bits per heavy atom. The van der Waals surface area contributed by atoms with Crippen LogP contribution in [0.2, 0.25) is 0 Å². The molecule has 0 radical (unpaired) electrons. The summed E-state index contributed by atoms with van der Waals surface area (Å²) in [6, 6.07) is 5.41. The predicted octanol–water partition coefficient (Wildman–Crippen LogP) is 2.55. The van der Waals surface area contributed by atoms with Crippen LogP contribution in [-0.4, -0.2) is 23.1 Å². The molecule has 3 N–H and O–H groups in total. The number of hydrogen-bond donors (Lipinski definition) is 3. The van der Waals surface area contributed by atoms with E-state index in [2.05, 4.69) is 16.7 Å². The lowest BCUT2D eigenvalue weighted by Crippen LogP contribution is -2.40. The summed E-state index contributed by atoms with van der Waals surface area (Å²) in [7, 11) is 0. The predicted molar refractivity (Wildman–Crippen MR) is 79.4 cm³/mol. The SMILES string of the molecule is O=C(O)CC(NC(=O)Nc1ccc2c(c1)CCC2)C1CC1. The second-order valence-electron chi connectivity index (χ2n) is 5.98. The molecule has 1 aromatic carbocycles. The van der Waals surface area contributed by atoms with Gasteiger partial charge >= 0.3 is 12.0 Å². The molecular formula is C16H20N2O3. The number of carbonyl (C=O) groups is 2. The van der Waals surface area contributed by atoms with Gasteiger partial charge in [-0.25, -0.2) is 4.79 Å². The van der Waals surface area contributed by atoms with E-state index in [9.17, 15) is 9.59 Å². The van der Waals surface area contributed by atoms with Crippen LogP contribution in [0, 0.1) is 5.92 Å². The van der Waals surface area contributed by atoms with E-state index in [0.717, 1.165) is 31.4 Å². The van der Waals surface area contributed by atoms with Gasteiger partial charge < -0.3 is 15.7 Å². The molecule has 0 aliphatic heterocycles. The first-order chi connectivity index (χ1) is 10.1. The van der Waals surface area contributed by atoms with Crippen molar-refractivity contribution >= 4 is 17.7 Å². The van der Waals surface area contributed by atoms with Gasteiger partial charge in [-0.15, -0.1) is 0 Å². The number of carboxylic acids is 1. The summed E-state index contributed by atoms with van der Waals surface area (Å²) in [6.45, 7) is 0. The smallest absolute Gasteiger partial charge is 0.319 e. The molecule has 1 saturated carbocycles. The van der Waals surface area contributed by atoms with E-state index in [4.69, 9.17) is 5.11 Å². The lowest BCUT2D eigenvalue weighted by atomic mass is 10.1. The highest BCUT2D eigenvalue weighted by molar-refractivity contribution is 5.90. The number of anilines is 1. The van der Waals surface area contributed by atoms with Crippen molar-refractivity contribution in [3.8, 4) is 0 Å². The van der Waals surface area contributed by atoms with Crippen LogP contribution in [0.15, 0.2) is 18.2 Å². The summed E-state index contributed by atoms with van der Waals surface area (Å²) in [5, 5.41) is 14.5. The highest BCUT2D eigenvalue weighted by Gasteiger charge is 2.33. The van der Waals surface area contributed by atoms with E-state index in [1.807, 2.05) is 12.1 Å². The molecule has 1 aromatic rings. The van der Waals surface area contributed by atoms with Gasteiger partial charge in [0, 0.05) is 11.7 Å². The normalized spacial score (nSPS) is 17.9. The molecule has 0 heterocycles. The molecule has 21 heavy (non-hydrogen) atoms. The Hall–Kier alpha value is -2.04. The minimum Gasteiger partial charge on any atom is -0.481 e. The summed E-state index contributed by atoms with van der Waals surface area (Å²) in [5.41, 5.74) is 3.44. The Labute approximate surface area is 123 Å². The maximum atomic E-state index is 12.0. The Morgan fingerprint density at radius 3 is 2.71 bits per heavy atom.